The van der Waals surface area contributed by atoms with Crippen LogP contribution in [0.4, 0.5) is 10.3 Å². The molecule has 1 aromatic heterocycles. The Kier molecular flexibility index (Phi) is 4.73. The fraction of sp³-hybridized carbons (Fsp3) is 0.500. The third-order valence-electron chi connectivity index (χ3n) is 1.69. The Hall–Kier alpha value is -0.920. The third kappa shape index (κ3) is 3.61. The lowest BCUT2D eigenvalue weighted by Gasteiger charge is -2.09. The highest BCUT2D eigenvalue weighted by atomic mass is 32.2. The second-order valence-electron chi connectivity index (χ2n) is 2.93. The van der Waals surface area contributed by atoms with E-state index in [0.717, 1.165) is 6.20 Å². The number of hydrogen-bond donors (Lipinski definition) is 3. The van der Waals surface area contributed by atoms with Crippen molar-refractivity contribution in [1.29, 1.82) is 0 Å². The second-order valence-corrected chi connectivity index (χ2v) is 4.36. The summed E-state index contributed by atoms with van der Waals surface area (Å²) in [5.41, 5.74) is 2.25. The zero-order valence-electron chi connectivity index (χ0n) is 8.27. The summed E-state index contributed by atoms with van der Waals surface area (Å²) in [6.45, 7) is 1.96. The fourth-order valence-electron chi connectivity index (χ4n) is 0.935. The van der Waals surface area contributed by atoms with E-state index in [0.29, 0.717) is 6.42 Å². The van der Waals surface area contributed by atoms with Crippen molar-refractivity contribution in [2.75, 3.05) is 12.0 Å². The minimum atomic E-state index is -0.483. The smallest absolute Gasteiger partial charge is 0.238 e. The molecule has 15 heavy (non-hydrogen) atoms. The molecular weight excluding hydrogens is 219 g/mol. The van der Waals surface area contributed by atoms with Crippen LogP contribution in [0.15, 0.2) is 11.2 Å². The topological polar surface area (TPSA) is 84.1 Å². The quantitative estimate of drug-likeness (QED) is 0.301. The Bertz CT molecular complexity index is 326. The Morgan fingerprint density at radius 3 is 3.07 bits per heavy atom. The number of aliphatic hydroxyl groups is 1. The first-order chi connectivity index (χ1) is 7.17. The van der Waals surface area contributed by atoms with Crippen molar-refractivity contribution < 1.29 is 9.50 Å². The van der Waals surface area contributed by atoms with Crippen LogP contribution in [0, 0.1) is 5.82 Å². The van der Waals surface area contributed by atoms with Gasteiger partial charge in [0, 0.05) is 11.9 Å². The number of aliphatic hydroxyl groups excluding tert-OH is 1. The van der Waals surface area contributed by atoms with Crippen molar-refractivity contribution >= 4 is 17.7 Å². The van der Waals surface area contributed by atoms with E-state index in [1.54, 1.807) is 0 Å². The summed E-state index contributed by atoms with van der Waals surface area (Å²) in [6.07, 6.45) is 1.65. The molecule has 0 amide bonds. The maximum atomic E-state index is 13.2. The van der Waals surface area contributed by atoms with Gasteiger partial charge < -0.3 is 5.11 Å². The van der Waals surface area contributed by atoms with Gasteiger partial charge in [-0.2, -0.15) is 0 Å². The van der Waals surface area contributed by atoms with E-state index in [-0.39, 0.29) is 22.8 Å². The summed E-state index contributed by atoms with van der Waals surface area (Å²) in [5, 5.41) is 9.04. The van der Waals surface area contributed by atoms with Crippen LogP contribution in [0.3, 0.4) is 0 Å². The maximum Gasteiger partial charge on any atom is 0.238 e. The van der Waals surface area contributed by atoms with Crippen LogP contribution < -0.4 is 11.3 Å². The van der Waals surface area contributed by atoms with E-state index in [1.807, 2.05) is 6.92 Å². The van der Waals surface area contributed by atoms with Crippen molar-refractivity contribution in [2.24, 2.45) is 5.84 Å². The van der Waals surface area contributed by atoms with Gasteiger partial charge in [0.1, 0.15) is 5.03 Å². The molecule has 0 bridgehead atoms. The molecule has 0 aliphatic rings. The van der Waals surface area contributed by atoms with Crippen LogP contribution >= 0.6 is 11.8 Å². The molecule has 0 saturated heterocycles. The molecule has 1 unspecified atom stereocenters. The fourth-order valence-corrected chi connectivity index (χ4v) is 1.84. The lowest BCUT2D eigenvalue weighted by Crippen LogP contribution is -2.11. The first kappa shape index (κ1) is 12.2. The van der Waals surface area contributed by atoms with Gasteiger partial charge in [0.25, 0.3) is 0 Å². The van der Waals surface area contributed by atoms with E-state index in [2.05, 4.69) is 15.4 Å². The van der Waals surface area contributed by atoms with Crippen LogP contribution in [-0.4, -0.2) is 26.9 Å². The molecule has 0 saturated carbocycles. The summed E-state index contributed by atoms with van der Waals surface area (Å²) < 4.78 is 13.2. The van der Waals surface area contributed by atoms with Crippen molar-refractivity contribution in [3.63, 3.8) is 0 Å². The predicted octanol–water partition coefficient (Wildman–Crippen LogP) is 0.764. The minimum absolute atomic E-state index is 0.0723. The van der Waals surface area contributed by atoms with Gasteiger partial charge in [-0.15, -0.1) is 11.8 Å². The number of nitrogens with one attached hydrogen (secondary N) is 1. The first-order valence-electron chi connectivity index (χ1n) is 4.44. The van der Waals surface area contributed by atoms with Crippen molar-refractivity contribution in [1.82, 2.24) is 9.97 Å². The van der Waals surface area contributed by atoms with Gasteiger partial charge in [-0.1, -0.05) is 6.92 Å². The number of aromatic nitrogens is 2. The van der Waals surface area contributed by atoms with Crippen LogP contribution in [-0.2, 0) is 0 Å². The van der Waals surface area contributed by atoms with Gasteiger partial charge >= 0.3 is 0 Å². The van der Waals surface area contributed by atoms with Gasteiger partial charge in [0.2, 0.25) is 5.95 Å². The molecule has 84 valence electrons. The van der Waals surface area contributed by atoms with E-state index in [9.17, 15) is 4.39 Å². The zero-order valence-corrected chi connectivity index (χ0v) is 9.09. The number of hydrazine groups is 1. The molecule has 0 aliphatic carbocycles. The van der Waals surface area contributed by atoms with Crippen LogP contribution in [0.25, 0.3) is 0 Å². The van der Waals surface area contributed by atoms with Gasteiger partial charge in [0.15, 0.2) is 5.82 Å². The summed E-state index contributed by atoms with van der Waals surface area (Å²) in [6, 6.07) is 0. The number of hydrogen-bond acceptors (Lipinski definition) is 6. The molecule has 0 radical (unpaired) electrons. The Balaban J connectivity index is 2.74. The highest BCUT2D eigenvalue weighted by molar-refractivity contribution is 7.99. The molecule has 0 spiro atoms. The molecule has 0 aliphatic heterocycles. The van der Waals surface area contributed by atoms with Crippen LogP contribution in [0.2, 0.25) is 0 Å². The SMILES string of the molecule is CC(CCO)Sc1nc(NN)ncc1F. The van der Waals surface area contributed by atoms with Crippen molar-refractivity contribution in [2.45, 2.75) is 23.6 Å². The lowest BCUT2D eigenvalue weighted by atomic mass is 10.3. The average Bonchev–Trinajstić information content (AvgIpc) is 2.21. The van der Waals surface area contributed by atoms with Gasteiger partial charge in [-0.05, 0) is 6.42 Å². The van der Waals surface area contributed by atoms with Gasteiger partial charge in [0.05, 0.1) is 6.20 Å². The van der Waals surface area contributed by atoms with E-state index >= 15 is 0 Å². The normalized spacial score (nSPS) is 12.5. The second kappa shape index (κ2) is 5.84. The van der Waals surface area contributed by atoms with Crippen LogP contribution in [0.1, 0.15) is 13.3 Å². The maximum absolute atomic E-state index is 13.2. The number of nitrogen functional groups attached to an aromatic ring is 1. The Labute approximate surface area is 91.3 Å². The third-order valence-corrected chi connectivity index (χ3v) is 2.84. The molecule has 5 nitrogen and oxygen atoms in total. The Morgan fingerprint density at radius 2 is 2.47 bits per heavy atom. The van der Waals surface area contributed by atoms with Crippen molar-refractivity contribution in [3.8, 4) is 0 Å². The number of anilines is 1. The highest BCUT2D eigenvalue weighted by Crippen LogP contribution is 2.25. The number of nitrogens with two attached hydrogens (primary N) is 1. The minimum Gasteiger partial charge on any atom is -0.396 e. The van der Waals surface area contributed by atoms with Gasteiger partial charge in [-0.25, -0.2) is 20.2 Å². The average molecular weight is 232 g/mol. The first-order valence-corrected chi connectivity index (χ1v) is 5.32. The van der Waals surface area contributed by atoms with E-state index in [4.69, 9.17) is 10.9 Å². The number of halogens is 1. The van der Waals surface area contributed by atoms with Gasteiger partial charge in [-0.3, -0.25) is 5.43 Å². The summed E-state index contributed by atoms with van der Waals surface area (Å²) >= 11 is 1.24. The van der Waals surface area contributed by atoms with E-state index in [1.165, 1.54) is 11.8 Å². The zero-order chi connectivity index (χ0) is 11.3. The molecule has 0 fully saturated rings. The van der Waals surface area contributed by atoms with E-state index < -0.39 is 5.82 Å². The molecule has 1 heterocycles. The highest BCUT2D eigenvalue weighted by Gasteiger charge is 2.11. The number of rotatable bonds is 5. The molecule has 7 heteroatoms. The summed E-state index contributed by atoms with van der Waals surface area (Å²) in [5.74, 6) is 4.80. The number of nitrogens with zero attached hydrogens (tertiary/aromatic N) is 2. The molecule has 4 N–H and O–H groups in total. The molecule has 1 aromatic rings. The van der Waals surface area contributed by atoms with Crippen LogP contribution in [0.5, 0.6) is 0 Å². The summed E-state index contributed by atoms with van der Waals surface area (Å²) in [4.78, 5) is 7.50. The molecule has 1 rings (SSSR count). The predicted molar refractivity (Wildman–Crippen MR) is 56.8 cm³/mol. The largest absolute Gasteiger partial charge is 0.396 e. The van der Waals surface area contributed by atoms with Crippen molar-refractivity contribution in [3.05, 3.63) is 12.0 Å². The monoisotopic (exact) mass is 232 g/mol. The number of thioether (sulfide) groups is 1. The Morgan fingerprint density at radius 1 is 1.73 bits per heavy atom. The lowest BCUT2D eigenvalue weighted by molar-refractivity contribution is 0.289. The molecule has 1 atom stereocenters. The summed E-state index contributed by atoms with van der Waals surface area (Å²) in [7, 11) is 0. The standard InChI is InChI=1S/C8H13FN4OS/c1-5(2-3-14)15-7-6(9)4-11-8(12-7)13-10/h4-5,14H,2-3,10H2,1H3,(H,11,12,13). The molecule has 0 aromatic carbocycles. The molecular formula is C8H13FN4OS.